The van der Waals surface area contributed by atoms with Crippen molar-refractivity contribution in [2.45, 2.75) is 51.1 Å². The number of rotatable bonds is 7. The van der Waals surface area contributed by atoms with Crippen LogP contribution in [0.25, 0.3) is 0 Å². The molecule has 2 rings (SSSR count). The van der Waals surface area contributed by atoms with Gasteiger partial charge in [-0.25, -0.2) is 0 Å². The Morgan fingerprint density at radius 1 is 1.42 bits per heavy atom. The van der Waals surface area contributed by atoms with E-state index in [-0.39, 0.29) is 0 Å². The van der Waals surface area contributed by atoms with E-state index in [1.54, 1.807) is 0 Å². The van der Waals surface area contributed by atoms with E-state index in [1.165, 1.54) is 36.3 Å². The highest BCUT2D eigenvalue weighted by Gasteiger charge is 2.30. The van der Waals surface area contributed by atoms with Crippen LogP contribution in [0.2, 0.25) is 5.02 Å². The second-order valence-electron chi connectivity index (χ2n) is 5.47. The van der Waals surface area contributed by atoms with Gasteiger partial charge in [0.15, 0.2) is 0 Å². The average molecular weight is 298 g/mol. The van der Waals surface area contributed by atoms with Crippen molar-refractivity contribution in [2.24, 2.45) is 0 Å². The summed E-state index contributed by atoms with van der Waals surface area (Å²) in [6.45, 7) is 4.53. The maximum absolute atomic E-state index is 6.04. The predicted molar refractivity (Wildman–Crippen MR) is 87.4 cm³/mol. The van der Waals surface area contributed by atoms with Crippen LogP contribution in [0.15, 0.2) is 24.3 Å². The molecule has 0 spiro atoms. The van der Waals surface area contributed by atoms with E-state index in [0.717, 1.165) is 5.02 Å². The zero-order valence-electron chi connectivity index (χ0n) is 11.9. The lowest BCUT2D eigenvalue weighted by Crippen LogP contribution is -2.44. The number of thioether (sulfide) groups is 1. The minimum absolute atomic E-state index is 0.643. The first-order valence-corrected chi connectivity index (χ1v) is 8.81. The van der Waals surface area contributed by atoms with Gasteiger partial charge in [-0.1, -0.05) is 30.7 Å². The van der Waals surface area contributed by atoms with Crippen molar-refractivity contribution in [1.29, 1.82) is 0 Å². The molecule has 1 saturated carbocycles. The van der Waals surface area contributed by atoms with E-state index < -0.39 is 0 Å². The summed E-state index contributed by atoms with van der Waals surface area (Å²) in [6.07, 6.45) is 3.79. The van der Waals surface area contributed by atoms with E-state index in [4.69, 9.17) is 11.6 Å². The van der Waals surface area contributed by atoms with Gasteiger partial charge in [0.2, 0.25) is 0 Å². The Morgan fingerprint density at radius 2 is 2.21 bits per heavy atom. The Bertz CT molecular complexity index is 390. The van der Waals surface area contributed by atoms with Crippen LogP contribution in [0.3, 0.4) is 0 Å². The fraction of sp³-hybridized carbons (Fsp3) is 0.625. The van der Waals surface area contributed by atoms with Gasteiger partial charge in [-0.2, -0.15) is 11.8 Å². The topological polar surface area (TPSA) is 12.0 Å². The van der Waals surface area contributed by atoms with Gasteiger partial charge in [-0.15, -0.1) is 0 Å². The molecule has 1 aromatic rings. The van der Waals surface area contributed by atoms with Gasteiger partial charge in [0.25, 0.3) is 0 Å². The highest BCUT2D eigenvalue weighted by atomic mass is 35.5. The lowest BCUT2D eigenvalue weighted by atomic mass is 9.75. The zero-order valence-corrected chi connectivity index (χ0v) is 13.4. The van der Waals surface area contributed by atoms with E-state index in [0.29, 0.717) is 18.0 Å². The maximum atomic E-state index is 6.04. The Kier molecular flexibility index (Phi) is 6.06. The van der Waals surface area contributed by atoms with Crippen molar-refractivity contribution in [3.8, 4) is 0 Å². The Labute approximate surface area is 126 Å². The van der Waals surface area contributed by atoms with Crippen molar-refractivity contribution in [1.82, 2.24) is 5.32 Å². The lowest BCUT2D eigenvalue weighted by Gasteiger charge is -2.38. The number of hydrogen-bond acceptors (Lipinski definition) is 2. The second-order valence-corrected chi connectivity index (χ2v) is 7.30. The standard InChI is InChI=1S/C16H24ClNS/c1-3-19-8-7-12(2)18-16-10-14(11-16)13-5-4-6-15(17)9-13/h4-6,9,12,14,16,18H,3,7-8,10-11H2,1-2H3. The van der Waals surface area contributed by atoms with Crippen LogP contribution in [0.1, 0.15) is 44.6 Å². The third kappa shape index (κ3) is 4.70. The number of nitrogens with one attached hydrogen (secondary N) is 1. The number of halogens is 1. The van der Waals surface area contributed by atoms with Crippen LogP contribution in [0.5, 0.6) is 0 Å². The van der Waals surface area contributed by atoms with Gasteiger partial charge in [0, 0.05) is 17.1 Å². The molecule has 0 saturated heterocycles. The molecule has 1 aliphatic carbocycles. The molecule has 1 N–H and O–H groups in total. The van der Waals surface area contributed by atoms with E-state index in [1.807, 2.05) is 17.8 Å². The van der Waals surface area contributed by atoms with Crippen molar-refractivity contribution in [3.63, 3.8) is 0 Å². The molecule has 1 aliphatic rings. The normalized spacial score (nSPS) is 23.9. The molecule has 0 bridgehead atoms. The second kappa shape index (κ2) is 7.56. The minimum atomic E-state index is 0.643. The first-order chi connectivity index (χ1) is 9.19. The third-order valence-electron chi connectivity index (χ3n) is 3.88. The van der Waals surface area contributed by atoms with E-state index in [2.05, 4.69) is 37.4 Å². The van der Waals surface area contributed by atoms with Crippen molar-refractivity contribution in [3.05, 3.63) is 34.9 Å². The van der Waals surface area contributed by atoms with Gasteiger partial charge in [0.05, 0.1) is 0 Å². The summed E-state index contributed by atoms with van der Waals surface area (Å²) in [6, 6.07) is 9.67. The third-order valence-corrected chi connectivity index (χ3v) is 5.05. The number of hydrogen-bond donors (Lipinski definition) is 1. The monoisotopic (exact) mass is 297 g/mol. The Balaban J connectivity index is 1.68. The Morgan fingerprint density at radius 3 is 2.89 bits per heavy atom. The zero-order chi connectivity index (χ0) is 13.7. The molecule has 1 nitrogen and oxygen atoms in total. The minimum Gasteiger partial charge on any atom is -0.311 e. The highest BCUT2D eigenvalue weighted by Crippen LogP contribution is 2.37. The summed E-state index contributed by atoms with van der Waals surface area (Å²) in [5, 5.41) is 4.60. The van der Waals surface area contributed by atoms with Gasteiger partial charge in [0.1, 0.15) is 0 Å². The summed E-state index contributed by atoms with van der Waals surface area (Å²) in [5.41, 5.74) is 1.40. The van der Waals surface area contributed by atoms with Crippen LogP contribution in [-0.4, -0.2) is 23.6 Å². The van der Waals surface area contributed by atoms with E-state index in [9.17, 15) is 0 Å². The predicted octanol–water partition coefficient (Wildman–Crippen LogP) is 4.71. The summed E-state index contributed by atoms with van der Waals surface area (Å²) >= 11 is 8.08. The van der Waals surface area contributed by atoms with Crippen LogP contribution in [0.4, 0.5) is 0 Å². The molecule has 3 heteroatoms. The van der Waals surface area contributed by atoms with Crippen LogP contribution >= 0.6 is 23.4 Å². The van der Waals surface area contributed by atoms with Gasteiger partial charge in [-0.3, -0.25) is 0 Å². The van der Waals surface area contributed by atoms with Crippen molar-refractivity contribution >= 4 is 23.4 Å². The molecule has 1 fully saturated rings. The van der Waals surface area contributed by atoms with Gasteiger partial charge in [-0.05, 0) is 61.3 Å². The van der Waals surface area contributed by atoms with Crippen LogP contribution in [-0.2, 0) is 0 Å². The molecule has 19 heavy (non-hydrogen) atoms. The molecular formula is C16H24ClNS. The molecule has 0 radical (unpaired) electrons. The molecule has 1 unspecified atom stereocenters. The van der Waals surface area contributed by atoms with E-state index >= 15 is 0 Å². The summed E-state index contributed by atoms with van der Waals surface area (Å²) in [5.74, 6) is 3.20. The smallest absolute Gasteiger partial charge is 0.0408 e. The Hall–Kier alpha value is -0.180. The van der Waals surface area contributed by atoms with Crippen molar-refractivity contribution < 1.29 is 0 Å². The molecule has 0 aromatic heterocycles. The molecular weight excluding hydrogens is 274 g/mol. The fourth-order valence-corrected chi connectivity index (χ4v) is 3.68. The SMILES string of the molecule is CCSCCC(C)NC1CC(c2cccc(Cl)c2)C1. The maximum Gasteiger partial charge on any atom is 0.0408 e. The van der Waals surface area contributed by atoms with Crippen LogP contribution < -0.4 is 5.32 Å². The number of benzene rings is 1. The first kappa shape index (κ1) is 15.2. The molecule has 106 valence electrons. The summed E-state index contributed by atoms with van der Waals surface area (Å²) in [4.78, 5) is 0. The summed E-state index contributed by atoms with van der Waals surface area (Å²) < 4.78 is 0. The molecule has 0 amide bonds. The van der Waals surface area contributed by atoms with Crippen molar-refractivity contribution in [2.75, 3.05) is 11.5 Å². The average Bonchev–Trinajstić information content (AvgIpc) is 2.33. The quantitative estimate of drug-likeness (QED) is 0.732. The molecule has 1 atom stereocenters. The first-order valence-electron chi connectivity index (χ1n) is 7.28. The largest absolute Gasteiger partial charge is 0.311 e. The highest BCUT2D eigenvalue weighted by molar-refractivity contribution is 7.99. The fourth-order valence-electron chi connectivity index (χ4n) is 2.68. The van der Waals surface area contributed by atoms with Gasteiger partial charge < -0.3 is 5.32 Å². The molecule has 1 aromatic carbocycles. The van der Waals surface area contributed by atoms with Crippen LogP contribution in [0, 0.1) is 0 Å². The van der Waals surface area contributed by atoms with Gasteiger partial charge >= 0.3 is 0 Å². The summed E-state index contributed by atoms with van der Waals surface area (Å²) in [7, 11) is 0. The molecule has 0 aliphatic heterocycles. The lowest BCUT2D eigenvalue weighted by molar-refractivity contribution is 0.268. The molecule has 0 heterocycles.